The van der Waals surface area contributed by atoms with Crippen molar-refractivity contribution >= 4 is 5.91 Å². The number of amides is 1. The van der Waals surface area contributed by atoms with Crippen LogP contribution in [0.3, 0.4) is 0 Å². The minimum absolute atomic E-state index is 0.0804. The number of hydrogen-bond acceptors (Lipinski definition) is 4. The molecule has 0 saturated carbocycles. The fourth-order valence-corrected chi connectivity index (χ4v) is 2.47. The molecule has 0 aromatic rings. The molecule has 0 aliphatic carbocycles. The zero-order chi connectivity index (χ0) is 13.4. The highest BCUT2D eigenvalue weighted by molar-refractivity contribution is 5.78. The zero-order valence-corrected chi connectivity index (χ0v) is 11.9. The molecule has 2 unspecified atom stereocenters. The normalized spacial score (nSPS) is 22.7. The lowest BCUT2D eigenvalue weighted by atomic mass is 10.1. The van der Waals surface area contributed by atoms with Gasteiger partial charge in [-0.2, -0.15) is 0 Å². The van der Waals surface area contributed by atoms with E-state index in [1.165, 1.54) is 12.8 Å². The largest absolute Gasteiger partial charge is 0.383 e. The topological polar surface area (TPSA) is 53.6 Å². The average Bonchev–Trinajstić information content (AvgIpc) is 2.29. The van der Waals surface area contributed by atoms with Crippen LogP contribution in [0.15, 0.2) is 0 Å². The van der Waals surface area contributed by atoms with Crippen molar-refractivity contribution in [3.63, 3.8) is 0 Å². The highest BCUT2D eigenvalue weighted by atomic mass is 16.5. The summed E-state index contributed by atoms with van der Waals surface area (Å²) in [5.74, 6) is 0.0942. The third-order valence-electron chi connectivity index (χ3n) is 3.19. The van der Waals surface area contributed by atoms with E-state index in [1.807, 2.05) is 6.92 Å². The van der Waals surface area contributed by atoms with Crippen molar-refractivity contribution < 1.29 is 9.53 Å². The van der Waals surface area contributed by atoms with Crippen molar-refractivity contribution in [3.05, 3.63) is 0 Å². The predicted octanol–water partition coefficient (Wildman–Crippen LogP) is 0.211. The Morgan fingerprint density at radius 2 is 2.33 bits per heavy atom. The molecule has 1 amide bonds. The SMILES string of the molecule is CCNC1CCCN(CC(=O)NC(C)COC)C1. The monoisotopic (exact) mass is 257 g/mol. The molecule has 18 heavy (non-hydrogen) atoms. The Labute approximate surface area is 110 Å². The maximum Gasteiger partial charge on any atom is 0.234 e. The molecule has 106 valence electrons. The lowest BCUT2D eigenvalue weighted by Crippen LogP contribution is -2.50. The van der Waals surface area contributed by atoms with Crippen LogP contribution in [-0.2, 0) is 9.53 Å². The maximum absolute atomic E-state index is 11.8. The third kappa shape index (κ3) is 5.80. The van der Waals surface area contributed by atoms with E-state index < -0.39 is 0 Å². The van der Waals surface area contributed by atoms with E-state index in [2.05, 4.69) is 22.5 Å². The second kappa shape index (κ2) is 8.45. The molecule has 0 bridgehead atoms. The van der Waals surface area contributed by atoms with E-state index >= 15 is 0 Å². The molecule has 5 heteroatoms. The van der Waals surface area contributed by atoms with E-state index in [4.69, 9.17) is 4.74 Å². The van der Waals surface area contributed by atoms with Crippen LogP contribution >= 0.6 is 0 Å². The first-order chi connectivity index (χ1) is 8.65. The number of hydrogen-bond donors (Lipinski definition) is 2. The average molecular weight is 257 g/mol. The first-order valence-corrected chi connectivity index (χ1v) is 6.89. The number of ether oxygens (including phenoxy) is 1. The van der Waals surface area contributed by atoms with Crippen molar-refractivity contribution in [1.29, 1.82) is 0 Å². The fourth-order valence-electron chi connectivity index (χ4n) is 2.47. The number of nitrogens with zero attached hydrogens (tertiary/aromatic N) is 1. The summed E-state index contributed by atoms with van der Waals surface area (Å²) < 4.78 is 5.01. The summed E-state index contributed by atoms with van der Waals surface area (Å²) in [4.78, 5) is 14.1. The lowest BCUT2D eigenvalue weighted by molar-refractivity contribution is -0.123. The van der Waals surface area contributed by atoms with E-state index in [9.17, 15) is 4.79 Å². The van der Waals surface area contributed by atoms with Crippen molar-refractivity contribution in [3.8, 4) is 0 Å². The van der Waals surface area contributed by atoms with Crippen LogP contribution < -0.4 is 10.6 Å². The molecular formula is C13H27N3O2. The molecule has 0 aromatic carbocycles. The van der Waals surface area contributed by atoms with Gasteiger partial charge in [-0.05, 0) is 32.9 Å². The Balaban J connectivity index is 2.26. The predicted molar refractivity (Wildman–Crippen MR) is 72.6 cm³/mol. The molecule has 2 atom stereocenters. The summed E-state index contributed by atoms with van der Waals surface area (Å²) in [6.45, 7) is 8.13. The van der Waals surface area contributed by atoms with Crippen LogP contribution in [0.1, 0.15) is 26.7 Å². The van der Waals surface area contributed by atoms with Gasteiger partial charge in [-0.25, -0.2) is 0 Å². The van der Waals surface area contributed by atoms with Crippen molar-refractivity contribution in [1.82, 2.24) is 15.5 Å². The number of carbonyl (C=O) groups is 1. The van der Waals surface area contributed by atoms with E-state index in [1.54, 1.807) is 7.11 Å². The molecule has 1 fully saturated rings. The number of nitrogens with one attached hydrogen (secondary N) is 2. The summed E-state index contributed by atoms with van der Waals surface area (Å²) >= 11 is 0. The quantitative estimate of drug-likeness (QED) is 0.685. The summed E-state index contributed by atoms with van der Waals surface area (Å²) in [5.41, 5.74) is 0. The lowest BCUT2D eigenvalue weighted by Gasteiger charge is -2.32. The van der Waals surface area contributed by atoms with Gasteiger partial charge in [0.15, 0.2) is 0 Å². The highest BCUT2D eigenvalue weighted by Gasteiger charge is 2.21. The molecular weight excluding hydrogens is 230 g/mol. The van der Waals surface area contributed by atoms with E-state index in [0.717, 1.165) is 19.6 Å². The molecule has 1 aliphatic heterocycles. The Hall–Kier alpha value is -0.650. The van der Waals surface area contributed by atoms with Gasteiger partial charge < -0.3 is 15.4 Å². The Morgan fingerprint density at radius 1 is 1.56 bits per heavy atom. The molecule has 0 radical (unpaired) electrons. The summed E-state index contributed by atoms with van der Waals surface area (Å²) in [6, 6.07) is 0.616. The van der Waals surface area contributed by atoms with Gasteiger partial charge in [0, 0.05) is 25.7 Å². The minimum Gasteiger partial charge on any atom is -0.383 e. The number of likely N-dealkylation sites (N-methyl/N-ethyl adjacent to an activating group) is 1. The Morgan fingerprint density at radius 3 is 3.00 bits per heavy atom. The van der Waals surface area contributed by atoms with Crippen molar-refractivity contribution in [2.24, 2.45) is 0 Å². The fraction of sp³-hybridized carbons (Fsp3) is 0.923. The first-order valence-electron chi connectivity index (χ1n) is 6.89. The third-order valence-corrected chi connectivity index (χ3v) is 3.19. The molecule has 1 rings (SSSR count). The van der Waals surface area contributed by atoms with Gasteiger partial charge in [0.05, 0.1) is 13.2 Å². The standard InChI is InChI=1S/C13H27N3O2/c1-4-14-12-6-5-7-16(8-12)9-13(17)15-11(2)10-18-3/h11-12,14H,4-10H2,1-3H3,(H,15,17). The summed E-state index contributed by atoms with van der Waals surface area (Å²) in [5, 5.41) is 6.40. The number of piperidine rings is 1. The molecule has 1 heterocycles. The number of likely N-dealkylation sites (tertiary alicyclic amines) is 1. The smallest absolute Gasteiger partial charge is 0.234 e. The molecule has 2 N–H and O–H groups in total. The molecule has 0 aromatic heterocycles. The van der Waals surface area contributed by atoms with Crippen LogP contribution in [0.2, 0.25) is 0 Å². The van der Waals surface area contributed by atoms with Crippen molar-refractivity contribution in [2.45, 2.75) is 38.8 Å². The minimum atomic E-state index is 0.0804. The van der Waals surface area contributed by atoms with Crippen molar-refractivity contribution in [2.75, 3.05) is 39.9 Å². The van der Waals surface area contributed by atoms with E-state index in [0.29, 0.717) is 19.2 Å². The van der Waals surface area contributed by atoms with Gasteiger partial charge in [-0.1, -0.05) is 6.92 Å². The molecule has 0 spiro atoms. The molecule has 5 nitrogen and oxygen atoms in total. The Bertz CT molecular complexity index is 246. The molecule has 1 aliphatic rings. The second-order valence-electron chi connectivity index (χ2n) is 5.06. The van der Waals surface area contributed by atoms with Gasteiger partial charge in [0.2, 0.25) is 5.91 Å². The summed E-state index contributed by atoms with van der Waals surface area (Å²) in [7, 11) is 1.65. The van der Waals surface area contributed by atoms with Crippen LogP contribution in [-0.4, -0.2) is 62.8 Å². The van der Waals surface area contributed by atoms with Crippen LogP contribution in [0.4, 0.5) is 0 Å². The highest BCUT2D eigenvalue weighted by Crippen LogP contribution is 2.09. The number of carbonyl (C=O) groups excluding carboxylic acids is 1. The summed E-state index contributed by atoms with van der Waals surface area (Å²) in [6.07, 6.45) is 2.38. The van der Waals surface area contributed by atoms with Gasteiger partial charge in [-0.3, -0.25) is 9.69 Å². The number of rotatable bonds is 7. The zero-order valence-electron chi connectivity index (χ0n) is 11.9. The van der Waals surface area contributed by atoms with Gasteiger partial charge >= 0.3 is 0 Å². The van der Waals surface area contributed by atoms with Crippen LogP contribution in [0.25, 0.3) is 0 Å². The Kier molecular flexibility index (Phi) is 7.23. The number of methoxy groups -OCH3 is 1. The first kappa shape index (κ1) is 15.4. The van der Waals surface area contributed by atoms with Gasteiger partial charge in [-0.15, -0.1) is 0 Å². The van der Waals surface area contributed by atoms with Crippen LogP contribution in [0.5, 0.6) is 0 Å². The van der Waals surface area contributed by atoms with Gasteiger partial charge in [0.1, 0.15) is 0 Å². The van der Waals surface area contributed by atoms with E-state index in [-0.39, 0.29) is 11.9 Å². The molecule has 1 saturated heterocycles. The van der Waals surface area contributed by atoms with Crippen LogP contribution in [0, 0.1) is 0 Å². The van der Waals surface area contributed by atoms with Gasteiger partial charge in [0.25, 0.3) is 0 Å². The second-order valence-corrected chi connectivity index (χ2v) is 5.06. The maximum atomic E-state index is 11.8.